The van der Waals surface area contributed by atoms with Gasteiger partial charge in [0.1, 0.15) is 0 Å². The minimum Gasteiger partial charge on any atom is -0.338 e. The van der Waals surface area contributed by atoms with Gasteiger partial charge < -0.3 is 10.2 Å². The van der Waals surface area contributed by atoms with E-state index in [0.717, 1.165) is 21.3 Å². The van der Waals surface area contributed by atoms with Gasteiger partial charge in [-0.3, -0.25) is 9.59 Å². The summed E-state index contributed by atoms with van der Waals surface area (Å²) in [5, 5.41) is 2.90. The second-order valence-electron chi connectivity index (χ2n) is 6.16. The van der Waals surface area contributed by atoms with Crippen molar-refractivity contribution >= 4 is 33.4 Å². The molecule has 2 aromatic rings. The third kappa shape index (κ3) is 4.03. The molecule has 124 valence electrons. The number of carbonyl (C=O) groups excluding carboxylic acids is 2. The van der Waals surface area contributed by atoms with Gasteiger partial charge in [0.05, 0.1) is 5.92 Å². The van der Waals surface area contributed by atoms with Gasteiger partial charge in [0.25, 0.3) is 0 Å². The number of halogens is 1. The maximum Gasteiger partial charge on any atom is 0.229 e. The lowest BCUT2D eigenvalue weighted by molar-refractivity contribution is -0.128. The quantitative estimate of drug-likeness (QED) is 0.869. The van der Waals surface area contributed by atoms with Crippen LogP contribution in [0.5, 0.6) is 0 Å². The topological polar surface area (TPSA) is 49.4 Å². The Hall–Kier alpha value is -2.14. The second kappa shape index (κ2) is 7.18. The van der Waals surface area contributed by atoms with Crippen LogP contribution in [0.2, 0.25) is 0 Å². The first-order chi connectivity index (χ1) is 11.5. The molecule has 3 rings (SSSR count). The van der Waals surface area contributed by atoms with Crippen molar-refractivity contribution in [3.63, 3.8) is 0 Å². The van der Waals surface area contributed by atoms with Crippen LogP contribution in [0.25, 0.3) is 0 Å². The van der Waals surface area contributed by atoms with E-state index in [9.17, 15) is 9.59 Å². The highest BCUT2D eigenvalue weighted by atomic mass is 79.9. The first-order valence-electron chi connectivity index (χ1n) is 7.91. The van der Waals surface area contributed by atoms with Crippen LogP contribution < -0.4 is 5.32 Å². The summed E-state index contributed by atoms with van der Waals surface area (Å²) in [5.74, 6) is -0.367. The molecule has 1 aliphatic heterocycles. The smallest absolute Gasteiger partial charge is 0.229 e. The molecule has 1 heterocycles. The van der Waals surface area contributed by atoms with E-state index in [2.05, 4.69) is 21.2 Å². The molecule has 0 aromatic heterocycles. The van der Waals surface area contributed by atoms with Gasteiger partial charge in [-0.2, -0.15) is 0 Å². The standard InChI is InChI=1S/C19H19BrN2O2/c1-13-5-7-17(8-6-13)21-19(24)15-10-18(23)22(12-15)11-14-3-2-4-16(20)9-14/h2-9,15H,10-12H2,1H3,(H,21,24). The second-order valence-corrected chi connectivity index (χ2v) is 7.08. The molecule has 4 nitrogen and oxygen atoms in total. The van der Waals surface area contributed by atoms with Crippen LogP contribution in [-0.4, -0.2) is 23.3 Å². The number of aryl methyl sites for hydroxylation is 1. The fourth-order valence-electron chi connectivity index (χ4n) is 2.84. The number of carbonyl (C=O) groups is 2. The van der Waals surface area contributed by atoms with Gasteiger partial charge in [0, 0.05) is 29.7 Å². The van der Waals surface area contributed by atoms with E-state index in [-0.39, 0.29) is 24.2 Å². The minimum absolute atomic E-state index is 0.0269. The molecule has 1 fully saturated rings. The SMILES string of the molecule is Cc1ccc(NC(=O)C2CC(=O)N(Cc3cccc(Br)c3)C2)cc1. The van der Waals surface area contributed by atoms with E-state index in [4.69, 9.17) is 0 Å². The zero-order valence-corrected chi connectivity index (χ0v) is 15.0. The Labute approximate surface area is 150 Å². The number of nitrogens with zero attached hydrogens (tertiary/aromatic N) is 1. The number of nitrogens with one attached hydrogen (secondary N) is 1. The predicted molar refractivity (Wildman–Crippen MR) is 97.5 cm³/mol. The molecule has 1 aliphatic rings. The van der Waals surface area contributed by atoms with E-state index in [1.807, 2.05) is 55.5 Å². The fourth-order valence-corrected chi connectivity index (χ4v) is 3.28. The van der Waals surface area contributed by atoms with Crippen LogP contribution in [0.4, 0.5) is 5.69 Å². The Morgan fingerprint density at radius 3 is 2.71 bits per heavy atom. The van der Waals surface area contributed by atoms with Gasteiger partial charge >= 0.3 is 0 Å². The summed E-state index contributed by atoms with van der Waals surface area (Å²) in [6.07, 6.45) is 0.270. The zero-order chi connectivity index (χ0) is 17.1. The molecule has 0 aliphatic carbocycles. The summed E-state index contributed by atoms with van der Waals surface area (Å²) in [4.78, 5) is 26.4. The molecule has 2 amide bonds. The molecule has 24 heavy (non-hydrogen) atoms. The molecule has 1 N–H and O–H groups in total. The summed E-state index contributed by atoms with van der Waals surface area (Å²) in [7, 11) is 0. The normalized spacial score (nSPS) is 17.2. The molecular weight excluding hydrogens is 368 g/mol. The number of benzene rings is 2. The molecule has 0 radical (unpaired) electrons. The number of likely N-dealkylation sites (tertiary alicyclic amines) is 1. The Kier molecular flexibility index (Phi) is 5.00. The van der Waals surface area contributed by atoms with Crippen molar-refractivity contribution in [2.75, 3.05) is 11.9 Å². The van der Waals surface area contributed by atoms with Gasteiger partial charge in [-0.05, 0) is 36.8 Å². The third-order valence-electron chi connectivity index (χ3n) is 4.17. The molecule has 1 atom stereocenters. The summed E-state index contributed by atoms with van der Waals surface area (Å²) in [5.41, 5.74) is 2.96. The Morgan fingerprint density at radius 1 is 1.25 bits per heavy atom. The maximum absolute atomic E-state index is 12.4. The Balaban J connectivity index is 1.61. The van der Waals surface area contributed by atoms with Crippen LogP contribution in [0, 0.1) is 12.8 Å². The van der Waals surface area contributed by atoms with E-state index >= 15 is 0 Å². The van der Waals surface area contributed by atoms with Gasteiger partial charge in [0.15, 0.2) is 0 Å². The zero-order valence-electron chi connectivity index (χ0n) is 13.5. The van der Waals surface area contributed by atoms with E-state index in [0.29, 0.717) is 13.1 Å². The molecule has 5 heteroatoms. The molecule has 1 saturated heterocycles. The fraction of sp³-hybridized carbons (Fsp3) is 0.263. The van der Waals surface area contributed by atoms with Gasteiger partial charge in [-0.1, -0.05) is 45.8 Å². The lowest BCUT2D eigenvalue weighted by Crippen LogP contribution is -2.28. The Morgan fingerprint density at radius 2 is 2.00 bits per heavy atom. The first-order valence-corrected chi connectivity index (χ1v) is 8.70. The first kappa shape index (κ1) is 16.7. The summed E-state index contributed by atoms with van der Waals surface area (Å²) < 4.78 is 0.986. The van der Waals surface area contributed by atoms with E-state index in [1.54, 1.807) is 4.90 Å². The van der Waals surface area contributed by atoms with Crippen molar-refractivity contribution in [3.8, 4) is 0 Å². The minimum atomic E-state index is -0.300. The highest BCUT2D eigenvalue weighted by Crippen LogP contribution is 2.23. The number of amides is 2. The lowest BCUT2D eigenvalue weighted by Gasteiger charge is -2.17. The summed E-state index contributed by atoms with van der Waals surface area (Å²) in [6, 6.07) is 15.5. The Bertz CT molecular complexity index is 758. The van der Waals surface area contributed by atoms with Crippen molar-refractivity contribution in [1.82, 2.24) is 4.90 Å². The number of hydrogen-bond donors (Lipinski definition) is 1. The van der Waals surface area contributed by atoms with E-state index in [1.165, 1.54) is 0 Å². The molecule has 2 aromatic carbocycles. The van der Waals surface area contributed by atoms with Crippen molar-refractivity contribution in [2.24, 2.45) is 5.92 Å². The molecule has 0 bridgehead atoms. The van der Waals surface area contributed by atoms with Crippen LogP contribution in [0.15, 0.2) is 53.0 Å². The van der Waals surface area contributed by atoms with Crippen molar-refractivity contribution < 1.29 is 9.59 Å². The van der Waals surface area contributed by atoms with E-state index < -0.39 is 0 Å². The van der Waals surface area contributed by atoms with Crippen LogP contribution >= 0.6 is 15.9 Å². The highest BCUT2D eigenvalue weighted by Gasteiger charge is 2.34. The monoisotopic (exact) mass is 386 g/mol. The number of rotatable bonds is 4. The predicted octanol–water partition coefficient (Wildman–Crippen LogP) is 3.74. The maximum atomic E-state index is 12.4. The molecule has 0 spiro atoms. The molecular formula is C19H19BrN2O2. The van der Waals surface area contributed by atoms with Crippen LogP contribution in [0.1, 0.15) is 17.5 Å². The van der Waals surface area contributed by atoms with Crippen LogP contribution in [0.3, 0.4) is 0 Å². The molecule has 1 unspecified atom stereocenters. The van der Waals surface area contributed by atoms with Crippen molar-refractivity contribution in [2.45, 2.75) is 19.9 Å². The van der Waals surface area contributed by atoms with Gasteiger partial charge in [-0.25, -0.2) is 0 Å². The van der Waals surface area contributed by atoms with Crippen molar-refractivity contribution in [1.29, 1.82) is 0 Å². The van der Waals surface area contributed by atoms with Crippen LogP contribution in [-0.2, 0) is 16.1 Å². The number of hydrogen-bond acceptors (Lipinski definition) is 2. The van der Waals surface area contributed by atoms with Gasteiger partial charge in [-0.15, -0.1) is 0 Å². The largest absolute Gasteiger partial charge is 0.338 e. The lowest BCUT2D eigenvalue weighted by atomic mass is 10.1. The average Bonchev–Trinajstić information content (AvgIpc) is 2.91. The number of anilines is 1. The molecule has 0 saturated carbocycles. The highest BCUT2D eigenvalue weighted by molar-refractivity contribution is 9.10. The van der Waals surface area contributed by atoms with Crippen molar-refractivity contribution in [3.05, 3.63) is 64.1 Å². The third-order valence-corrected chi connectivity index (χ3v) is 4.66. The summed E-state index contributed by atoms with van der Waals surface area (Å²) >= 11 is 3.44. The van der Waals surface area contributed by atoms with Gasteiger partial charge in [0.2, 0.25) is 11.8 Å². The average molecular weight is 387 g/mol. The summed E-state index contributed by atoms with van der Waals surface area (Å²) in [6.45, 7) is 3.00.